The summed E-state index contributed by atoms with van der Waals surface area (Å²) in [5.41, 5.74) is 2.41. The number of hydrogen-bond donors (Lipinski definition) is 2. The van der Waals surface area contributed by atoms with E-state index in [9.17, 15) is 4.79 Å². The van der Waals surface area contributed by atoms with E-state index in [1.165, 1.54) is 11.1 Å². The Morgan fingerprint density at radius 1 is 0.727 bits per heavy atom. The lowest BCUT2D eigenvalue weighted by atomic mass is 10.1. The Labute approximate surface area is 147 Å². The van der Waals surface area contributed by atoms with Crippen molar-refractivity contribution in [1.29, 1.82) is 0 Å². The molecule has 3 nitrogen and oxygen atoms in total. The van der Waals surface area contributed by atoms with Crippen LogP contribution in [0.1, 0.15) is 11.1 Å². The normalized spacial score (nSPS) is 10.3. The number of benzene rings is 2. The van der Waals surface area contributed by atoms with Gasteiger partial charge in [-0.05, 0) is 48.2 Å². The summed E-state index contributed by atoms with van der Waals surface area (Å²) in [5, 5.41) is 5.74. The van der Waals surface area contributed by atoms with Gasteiger partial charge in [0.05, 0.1) is 0 Å². The fourth-order valence-electron chi connectivity index (χ4n) is 2.01. The third-order valence-corrected chi connectivity index (χ3v) is 4.28. The van der Waals surface area contributed by atoms with Crippen molar-refractivity contribution in [2.45, 2.75) is 12.8 Å². The van der Waals surface area contributed by atoms with E-state index in [1.807, 2.05) is 24.3 Å². The second-order valence-electron chi connectivity index (χ2n) is 4.94. The second kappa shape index (κ2) is 8.96. The van der Waals surface area contributed by atoms with Crippen molar-refractivity contribution in [2.75, 3.05) is 13.1 Å². The Morgan fingerprint density at radius 3 is 1.45 bits per heavy atom. The zero-order valence-corrected chi connectivity index (χ0v) is 15.3. The van der Waals surface area contributed by atoms with E-state index in [1.54, 1.807) is 0 Å². The first kappa shape index (κ1) is 17.0. The van der Waals surface area contributed by atoms with Crippen molar-refractivity contribution >= 4 is 37.9 Å². The average molecular weight is 426 g/mol. The van der Waals surface area contributed by atoms with E-state index in [4.69, 9.17) is 0 Å². The number of halogens is 2. The summed E-state index contributed by atoms with van der Waals surface area (Å²) in [4.78, 5) is 11.7. The van der Waals surface area contributed by atoms with Crippen LogP contribution in [0.15, 0.2) is 57.5 Å². The van der Waals surface area contributed by atoms with E-state index in [0.29, 0.717) is 13.1 Å². The molecule has 0 atom stereocenters. The molecule has 0 heterocycles. The monoisotopic (exact) mass is 424 g/mol. The van der Waals surface area contributed by atoms with Gasteiger partial charge >= 0.3 is 6.03 Å². The first-order valence-corrected chi connectivity index (χ1v) is 8.73. The van der Waals surface area contributed by atoms with Gasteiger partial charge in [0.2, 0.25) is 0 Å². The van der Waals surface area contributed by atoms with Gasteiger partial charge in [-0.2, -0.15) is 0 Å². The molecule has 0 fully saturated rings. The highest BCUT2D eigenvalue weighted by Gasteiger charge is 2.00. The standard InChI is InChI=1S/C17H18Br2N2O/c18-15-5-1-13(2-6-15)9-11-20-17(22)21-12-10-14-3-7-16(19)8-4-14/h1-8H,9-12H2,(H2,20,21,22). The van der Waals surface area contributed by atoms with Gasteiger partial charge in [-0.15, -0.1) is 0 Å². The van der Waals surface area contributed by atoms with Crippen molar-refractivity contribution in [1.82, 2.24) is 10.6 Å². The number of urea groups is 1. The van der Waals surface area contributed by atoms with E-state index in [0.717, 1.165) is 21.8 Å². The maximum absolute atomic E-state index is 11.7. The molecule has 0 aliphatic heterocycles. The molecule has 22 heavy (non-hydrogen) atoms. The van der Waals surface area contributed by atoms with Gasteiger partial charge in [0.15, 0.2) is 0 Å². The van der Waals surface area contributed by atoms with Gasteiger partial charge in [-0.1, -0.05) is 56.1 Å². The van der Waals surface area contributed by atoms with Crippen LogP contribution in [0.5, 0.6) is 0 Å². The third kappa shape index (κ3) is 6.20. The van der Waals surface area contributed by atoms with Crippen molar-refractivity contribution in [3.63, 3.8) is 0 Å². The lowest BCUT2D eigenvalue weighted by Gasteiger charge is -2.08. The summed E-state index contributed by atoms with van der Waals surface area (Å²) in [7, 11) is 0. The Balaban J connectivity index is 1.61. The van der Waals surface area contributed by atoms with Crippen molar-refractivity contribution in [2.24, 2.45) is 0 Å². The van der Waals surface area contributed by atoms with Crippen LogP contribution in [0.25, 0.3) is 0 Å². The molecule has 2 amide bonds. The van der Waals surface area contributed by atoms with Crippen LogP contribution in [0.2, 0.25) is 0 Å². The van der Waals surface area contributed by atoms with E-state index < -0.39 is 0 Å². The van der Waals surface area contributed by atoms with Crippen molar-refractivity contribution < 1.29 is 4.79 Å². The molecule has 0 aromatic heterocycles. The summed E-state index contributed by atoms with van der Waals surface area (Å²) in [6, 6.07) is 16.1. The molecule has 2 aromatic carbocycles. The maximum atomic E-state index is 11.7. The quantitative estimate of drug-likeness (QED) is 0.711. The Bertz CT molecular complexity index is 544. The summed E-state index contributed by atoms with van der Waals surface area (Å²) >= 11 is 6.81. The zero-order chi connectivity index (χ0) is 15.8. The SMILES string of the molecule is O=C(NCCc1ccc(Br)cc1)NCCc1ccc(Br)cc1. The predicted octanol–water partition coefficient (Wildman–Crippen LogP) is 4.30. The molecular weight excluding hydrogens is 408 g/mol. The van der Waals surface area contributed by atoms with Crippen LogP contribution in [0.4, 0.5) is 4.79 Å². The Kier molecular flexibility index (Phi) is 6.93. The summed E-state index contributed by atoms with van der Waals surface area (Å²) in [5.74, 6) is 0. The van der Waals surface area contributed by atoms with Crippen LogP contribution in [-0.2, 0) is 12.8 Å². The molecule has 0 saturated heterocycles. The second-order valence-corrected chi connectivity index (χ2v) is 6.77. The van der Waals surface area contributed by atoms with Crippen LogP contribution >= 0.6 is 31.9 Å². The Hall–Kier alpha value is -1.33. The van der Waals surface area contributed by atoms with Gasteiger partial charge in [0.1, 0.15) is 0 Å². The minimum atomic E-state index is -0.116. The van der Waals surface area contributed by atoms with Gasteiger partial charge in [0, 0.05) is 22.0 Å². The van der Waals surface area contributed by atoms with Gasteiger partial charge in [-0.25, -0.2) is 4.79 Å². The third-order valence-electron chi connectivity index (χ3n) is 3.22. The number of rotatable bonds is 6. The first-order valence-electron chi connectivity index (χ1n) is 7.14. The smallest absolute Gasteiger partial charge is 0.314 e. The number of carbonyl (C=O) groups is 1. The number of amides is 2. The highest BCUT2D eigenvalue weighted by molar-refractivity contribution is 9.10. The summed E-state index contributed by atoms with van der Waals surface area (Å²) < 4.78 is 2.13. The molecule has 5 heteroatoms. The molecule has 0 aliphatic carbocycles. The molecule has 0 bridgehead atoms. The number of carbonyl (C=O) groups excluding carboxylic acids is 1. The minimum Gasteiger partial charge on any atom is -0.338 e. The highest BCUT2D eigenvalue weighted by atomic mass is 79.9. The van der Waals surface area contributed by atoms with Gasteiger partial charge in [0.25, 0.3) is 0 Å². The summed E-state index contributed by atoms with van der Waals surface area (Å²) in [6.07, 6.45) is 1.65. The molecule has 0 aliphatic rings. The maximum Gasteiger partial charge on any atom is 0.314 e. The number of hydrogen-bond acceptors (Lipinski definition) is 1. The predicted molar refractivity (Wildman–Crippen MR) is 97.1 cm³/mol. The van der Waals surface area contributed by atoms with Crippen molar-refractivity contribution in [3.05, 3.63) is 68.6 Å². The highest BCUT2D eigenvalue weighted by Crippen LogP contribution is 2.11. The van der Waals surface area contributed by atoms with Crippen LogP contribution in [0, 0.1) is 0 Å². The lowest BCUT2D eigenvalue weighted by Crippen LogP contribution is -2.37. The molecule has 2 N–H and O–H groups in total. The van der Waals surface area contributed by atoms with Crippen molar-refractivity contribution in [3.8, 4) is 0 Å². The molecule has 2 rings (SSSR count). The average Bonchev–Trinajstić information content (AvgIpc) is 2.51. The first-order chi connectivity index (χ1) is 10.6. The molecule has 0 unspecified atom stereocenters. The number of nitrogens with one attached hydrogen (secondary N) is 2. The molecular formula is C17H18Br2N2O. The molecule has 0 radical (unpaired) electrons. The zero-order valence-electron chi connectivity index (χ0n) is 12.1. The van der Waals surface area contributed by atoms with E-state index >= 15 is 0 Å². The fraction of sp³-hybridized carbons (Fsp3) is 0.235. The summed E-state index contributed by atoms with van der Waals surface area (Å²) in [6.45, 7) is 1.26. The van der Waals surface area contributed by atoms with Crippen LogP contribution in [0.3, 0.4) is 0 Å². The van der Waals surface area contributed by atoms with E-state index in [-0.39, 0.29) is 6.03 Å². The van der Waals surface area contributed by atoms with Gasteiger partial charge < -0.3 is 10.6 Å². The van der Waals surface area contributed by atoms with Gasteiger partial charge in [-0.3, -0.25) is 0 Å². The fourth-order valence-corrected chi connectivity index (χ4v) is 2.53. The largest absolute Gasteiger partial charge is 0.338 e. The van der Waals surface area contributed by atoms with Crippen LogP contribution < -0.4 is 10.6 Å². The molecule has 116 valence electrons. The Morgan fingerprint density at radius 2 is 1.09 bits per heavy atom. The molecule has 0 spiro atoms. The molecule has 2 aromatic rings. The molecule has 0 saturated carbocycles. The lowest BCUT2D eigenvalue weighted by molar-refractivity contribution is 0.241. The minimum absolute atomic E-state index is 0.116. The van der Waals surface area contributed by atoms with E-state index in [2.05, 4.69) is 66.8 Å². The van der Waals surface area contributed by atoms with Crippen LogP contribution in [-0.4, -0.2) is 19.1 Å². The topological polar surface area (TPSA) is 41.1 Å².